The van der Waals surface area contributed by atoms with Gasteiger partial charge in [-0.2, -0.15) is 9.78 Å². The molecule has 0 aliphatic carbocycles. The van der Waals surface area contributed by atoms with E-state index < -0.39 is 0 Å². The fourth-order valence-corrected chi connectivity index (χ4v) is 2.81. The van der Waals surface area contributed by atoms with Crippen LogP contribution in [0.1, 0.15) is 18.5 Å². The molecule has 0 bridgehead atoms. The van der Waals surface area contributed by atoms with Crippen molar-refractivity contribution < 1.29 is 9.53 Å². The molecule has 26 heavy (non-hydrogen) atoms. The zero-order valence-electron chi connectivity index (χ0n) is 14.4. The summed E-state index contributed by atoms with van der Waals surface area (Å²) in [5, 5.41) is 7.28. The van der Waals surface area contributed by atoms with E-state index in [2.05, 4.69) is 31.3 Å². The van der Waals surface area contributed by atoms with Gasteiger partial charge in [0.05, 0.1) is 12.3 Å². The van der Waals surface area contributed by atoms with Gasteiger partial charge in [0.2, 0.25) is 5.91 Å². The van der Waals surface area contributed by atoms with E-state index in [1.165, 1.54) is 0 Å². The second-order valence-electron chi connectivity index (χ2n) is 5.73. The Morgan fingerprint density at radius 1 is 1.23 bits per heavy atom. The topological polar surface area (TPSA) is 69.0 Å². The highest BCUT2D eigenvalue weighted by molar-refractivity contribution is 9.10. The van der Waals surface area contributed by atoms with Crippen LogP contribution in [-0.2, 0) is 4.79 Å². The van der Waals surface area contributed by atoms with Crippen LogP contribution in [0.5, 0.6) is 5.75 Å². The number of pyridine rings is 1. The molecule has 1 N–H and O–H groups in total. The molecule has 0 saturated heterocycles. The summed E-state index contributed by atoms with van der Waals surface area (Å²) in [5.41, 5.74) is 0.809. The summed E-state index contributed by atoms with van der Waals surface area (Å²) in [6.45, 7) is 2.35. The highest BCUT2D eigenvalue weighted by Crippen LogP contribution is 2.18. The van der Waals surface area contributed by atoms with E-state index in [1.54, 1.807) is 10.9 Å². The molecule has 0 spiro atoms. The van der Waals surface area contributed by atoms with Gasteiger partial charge in [-0.3, -0.25) is 4.79 Å². The summed E-state index contributed by atoms with van der Waals surface area (Å²) in [7, 11) is 0. The maximum absolute atomic E-state index is 12.2. The standard InChI is InChI=1S/C19H19BrN4O2/c1-14-12-18(24(23-14)17-8-2-3-10-21-17)22-19(25)9-5-11-26-16-7-4-6-15(20)13-16/h2-4,6-8,10,12-13H,5,9,11H2,1H3,(H,22,25). The van der Waals surface area contributed by atoms with Crippen molar-refractivity contribution in [2.45, 2.75) is 19.8 Å². The molecule has 134 valence electrons. The van der Waals surface area contributed by atoms with Crippen molar-refractivity contribution in [1.82, 2.24) is 14.8 Å². The number of aromatic nitrogens is 3. The smallest absolute Gasteiger partial charge is 0.225 e. The van der Waals surface area contributed by atoms with Gasteiger partial charge in [0, 0.05) is 23.2 Å². The molecule has 2 heterocycles. The van der Waals surface area contributed by atoms with Crippen LogP contribution in [0.4, 0.5) is 5.82 Å². The summed E-state index contributed by atoms with van der Waals surface area (Å²) >= 11 is 3.40. The Hall–Kier alpha value is -2.67. The van der Waals surface area contributed by atoms with E-state index >= 15 is 0 Å². The van der Waals surface area contributed by atoms with Gasteiger partial charge >= 0.3 is 0 Å². The van der Waals surface area contributed by atoms with E-state index in [-0.39, 0.29) is 5.91 Å². The van der Waals surface area contributed by atoms with Gasteiger partial charge in [-0.1, -0.05) is 28.1 Å². The van der Waals surface area contributed by atoms with E-state index in [0.29, 0.717) is 31.1 Å². The molecule has 6 nitrogen and oxygen atoms in total. The van der Waals surface area contributed by atoms with Crippen LogP contribution in [0, 0.1) is 6.92 Å². The lowest BCUT2D eigenvalue weighted by Gasteiger charge is -2.09. The third-order valence-corrected chi connectivity index (χ3v) is 4.07. The van der Waals surface area contributed by atoms with Crippen molar-refractivity contribution in [3.8, 4) is 11.6 Å². The summed E-state index contributed by atoms with van der Waals surface area (Å²) < 4.78 is 8.24. The molecule has 7 heteroatoms. The van der Waals surface area contributed by atoms with Crippen LogP contribution < -0.4 is 10.1 Å². The SMILES string of the molecule is Cc1cc(NC(=O)CCCOc2cccc(Br)c2)n(-c2ccccn2)n1. The Kier molecular flexibility index (Phi) is 6.01. The van der Waals surface area contributed by atoms with Crippen molar-refractivity contribution >= 4 is 27.7 Å². The number of carbonyl (C=O) groups is 1. The van der Waals surface area contributed by atoms with Crippen LogP contribution in [-0.4, -0.2) is 27.3 Å². The number of halogens is 1. The first-order valence-corrected chi connectivity index (χ1v) is 9.07. The number of hydrogen-bond donors (Lipinski definition) is 1. The van der Waals surface area contributed by atoms with Crippen molar-refractivity contribution in [1.29, 1.82) is 0 Å². The van der Waals surface area contributed by atoms with Gasteiger partial charge < -0.3 is 10.1 Å². The predicted molar refractivity (Wildman–Crippen MR) is 104 cm³/mol. The van der Waals surface area contributed by atoms with Gasteiger partial charge in [-0.05, 0) is 43.7 Å². The van der Waals surface area contributed by atoms with Crippen molar-refractivity contribution in [3.63, 3.8) is 0 Å². The van der Waals surface area contributed by atoms with Crippen LogP contribution in [0.15, 0.2) is 59.2 Å². The van der Waals surface area contributed by atoms with Crippen LogP contribution in [0.3, 0.4) is 0 Å². The number of aryl methyl sites for hydroxylation is 1. The van der Waals surface area contributed by atoms with E-state index in [9.17, 15) is 4.79 Å². The minimum absolute atomic E-state index is 0.0834. The van der Waals surface area contributed by atoms with Gasteiger partial charge in [0.15, 0.2) is 5.82 Å². The summed E-state index contributed by atoms with van der Waals surface area (Å²) in [6.07, 6.45) is 2.67. The molecular weight excluding hydrogens is 396 g/mol. The number of nitrogens with one attached hydrogen (secondary N) is 1. The van der Waals surface area contributed by atoms with Crippen molar-refractivity contribution in [2.75, 3.05) is 11.9 Å². The van der Waals surface area contributed by atoms with Gasteiger partial charge in [0.25, 0.3) is 0 Å². The Balaban J connectivity index is 1.52. The van der Waals surface area contributed by atoms with Crippen LogP contribution in [0.2, 0.25) is 0 Å². The second-order valence-corrected chi connectivity index (χ2v) is 6.64. The predicted octanol–water partition coefficient (Wildman–Crippen LogP) is 4.14. The minimum atomic E-state index is -0.0834. The number of amides is 1. The molecule has 0 aliphatic heterocycles. The molecule has 3 rings (SSSR count). The van der Waals surface area contributed by atoms with Crippen molar-refractivity contribution in [2.24, 2.45) is 0 Å². The first-order valence-electron chi connectivity index (χ1n) is 8.28. The fourth-order valence-electron chi connectivity index (χ4n) is 2.43. The number of benzene rings is 1. The molecule has 0 fully saturated rings. The van der Waals surface area contributed by atoms with E-state index in [0.717, 1.165) is 15.9 Å². The molecular formula is C19H19BrN4O2. The number of nitrogens with zero attached hydrogens (tertiary/aromatic N) is 3. The van der Waals surface area contributed by atoms with E-state index in [4.69, 9.17) is 4.74 Å². The number of anilines is 1. The maximum Gasteiger partial charge on any atom is 0.225 e. The summed E-state index contributed by atoms with van der Waals surface area (Å²) in [6, 6.07) is 15.0. The third-order valence-electron chi connectivity index (χ3n) is 3.58. The Morgan fingerprint density at radius 3 is 2.88 bits per heavy atom. The zero-order chi connectivity index (χ0) is 18.4. The van der Waals surface area contributed by atoms with Crippen LogP contribution in [0.25, 0.3) is 5.82 Å². The normalized spacial score (nSPS) is 10.5. The molecule has 0 radical (unpaired) electrons. The number of ether oxygens (including phenoxy) is 1. The fraction of sp³-hybridized carbons (Fsp3) is 0.211. The summed E-state index contributed by atoms with van der Waals surface area (Å²) in [4.78, 5) is 16.5. The highest BCUT2D eigenvalue weighted by atomic mass is 79.9. The lowest BCUT2D eigenvalue weighted by atomic mass is 10.3. The third kappa shape index (κ3) is 4.92. The average molecular weight is 415 g/mol. The zero-order valence-corrected chi connectivity index (χ0v) is 15.9. The Bertz CT molecular complexity index is 880. The lowest BCUT2D eigenvalue weighted by molar-refractivity contribution is -0.116. The van der Waals surface area contributed by atoms with Crippen molar-refractivity contribution in [3.05, 3.63) is 64.9 Å². The molecule has 2 aromatic heterocycles. The first-order chi connectivity index (χ1) is 12.6. The summed E-state index contributed by atoms with van der Waals surface area (Å²) in [5.74, 6) is 1.97. The quantitative estimate of drug-likeness (QED) is 0.589. The maximum atomic E-state index is 12.2. The molecule has 3 aromatic rings. The average Bonchev–Trinajstić information content (AvgIpc) is 3.00. The minimum Gasteiger partial charge on any atom is -0.494 e. The Labute approximate surface area is 160 Å². The number of carbonyl (C=O) groups excluding carboxylic acids is 1. The molecule has 0 unspecified atom stereocenters. The number of rotatable bonds is 7. The largest absolute Gasteiger partial charge is 0.494 e. The lowest BCUT2D eigenvalue weighted by Crippen LogP contribution is -2.16. The van der Waals surface area contributed by atoms with Crippen LogP contribution >= 0.6 is 15.9 Å². The molecule has 1 aromatic carbocycles. The second kappa shape index (κ2) is 8.62. The number of hydrogen-bond acceptors (Lipinski definition) is 4. The highest BCUT2D eigenvalue weighted by Gasteiger charge is 2.11. The molecule has 0 atom stereocenters. The first kappa shape index (κ1) is 18.1. The van der Waals surface area contributed by atoms with Gasteiger partial charge in [-0.15, -0.1) is 0 Å². The van der Waals surface area contributed by atoms with E-state index in [1.807, 2.05) is 55.5 Å². The monoisotopic (exact) mass is 414 g/mol. The molecule has 1 amide bonds. The molecule has 0 saturated carbocycles. The van der Waals surface area contributed by atoms with Gasteiger partial charge in [-0.25, -0.2) is 4.98 Å². The Morgan fingerprint density at radius 2 is 2.12 bits per heavy atom. The molecule has 0 aliphatic rings. The van der Waals surface area contributed by atoms with Gasteiger partial charge in [0.1, 0.15) is 11.6 Å².